The van der Waals surface area contributed by atoms with Gasteiger partial charge in [0.25, 0.3) is 0 Å². The lowest BCUT2D eigenvalue weighted by atomic mass is 9.57. The summed E-state index contributed by atoms with van der Waals surface area (Å²) in [5.74, 6) is 1.57. The van der Waals surface area contributed by atoms with E-state index >= 15 is 0 Å². The van der Waals surface area contributed by atoms with Crippen LogP contribution in [0.15, 0.2) is 48.7 Å². The van der Waals surface area contributed by atoms with Crippen molar-refractivity contribution < 1.29 is 22.7 Å². The highest BCUT2D eigenvalue weighted by Gasteiger charge is 2.53. The molecule has 174 valence electrons. The lowest BCUT2D eigenvalue weighted by Gasteiger charge is -2.45. The smallest absolute Gasteiger partial charge is 0.416 e. The topological polar surface area (TPSA) is 39.2 Å². The van der Waals surface area contributed by atoms with Gasteiger partial charge in [-0.05, 0) is 67.4 Å². The van der Waals surface area contributed by atoms with Crippen molar-refractivity contribution >= 4 is 12.0 Å². The van der Waals surface area contributed by atoms with Gasteiger partial charge in [0.05, 0.1) is 17.2 Å². The monoisotopic (exact) mass is 455 g/mol. The number of esters is 1. The van der Waals surface area contributed by atoms with Crippen LogP contribution in [0.25, 0.3) is 17.2 Å². The van der Waals surface area contributed by atoms with Crippen molar-refractivity contribution in [2.45, 2.75) is 51.3 Å². The number of cyclic esters (lactones) is 1. The molecule has 1 saturated heterocycles. The molecule has 0 spiro atoms. The maximum atomic E-state index is 13.0. The Hall–Kier alpha value is -2.63. The summed E-state index contributed by atoms with van der Waals surface area (Å²) in [6.07, 6.45) is 7.18. The van der Waals surface area contributed by atoms with E-state index in [9.17, 15) is 18.0 Å². The predicted octanol–water partition coefficient (Wildman–Crippen LogP) is 6.78. The number of nitrogens with zero attached hydrogens (tertiary/aromatic N) is 1. The molecule has 1 aromatic heterocycles. The summed E-state index contributed by atoms with van der Waals surface area (Å²) in [7, 11) is 0. The van der Waals surface area contributed by atoms with E-state index in [1.54, 1.807) is 18.3 Å². The Balaban J connectivity index is 1.38. The lowest BCUT2D eigenvalue weighted by molar-refractivity contribution is -0.144. The maximum Gasteiger partial charge on any atom is 0.416 e. The number of hydrogen-bond acceptors (Lipinski definition) is 3. The van der Waals surface area contributed by atoms with Crippen LogP contribution in [-0.2, 0) is 15.7 Å². The maximum absolute atomic E-state index is 13.0. The van der Waals surface area contributed by atoms with Crippen LogP contribution < -0.4 is 0 Å². The number of aromatic nitrogens is 1. The van der Waals surface area contributed by atoms with E-state index in [4.69, 9.17) is 4.74 Å². The average Bonchev–Trinajstić information content (AvgIpc) is 3.09. The van der Waals surface area contributed by atoms with Gasteiger partial charge in [-0.2, -0.15) is 13.2 Å². The number of benzene rings is 1. The molecule has 3 fully saturated rings. The van der Waals surface area contributed by atoms with E-state index in [0.717, 1.165) is 24.2 Å². The molecular formula is C27H28F3NO2. The molecule has 2 aliphatic carbocycles. The predicted molar refractivity (Wildman–Crippen MR) is 120 cm³/mol. The Kier molecular flexibility index (Phi) is 5.79. The Bertz CT molecular complexity index is 1050. The van der Waals surface area contributed by atoms with E-state index in [-0.39, 0.29) is 29.8 Å². The molecule has 6 atom stereocenters. The molecule has 2 aromatic rings. The highest BCUT2D eigenvalue weighted by molar-refractivity contribution is 5.75. The zero-order valence-corrected chi connectivity index (χ0v) is 18.6. The van der Waals surface area contributed by atoms with Crippen LogP contribution in [0.1, 0.15) is 50.3 Å². The van der Waals surface area contributed by atoms with E-state index in [1.165, 1.54) is 31.7 Å². The number of carbonyl (C=O) groups is 1. The summed E-state index contributed by atoms with van der Waals surface area (Å²) in [6, 6.07) is 8.94. The van der Waals surface area contributed by atoms with Gasteiger partial charge in [-0.15, -0.1) is 0 Å². The van der Waals surface area contributed by atoms with Crippen LogP contribution in [0.3, 0.4) is 0 Å². The fourth-order valence-corrected chi connectivity index (χ4v) is 6.35. The largest absolute Gasteiger partial charge is 0.462 e. The fourth-order valence-electron chi connectivity index (χ4n) is 6.35. The van der Waals surface area contributed by atoms with Gasteiger partial charge in [0.2, 0.25) is 0 Å². The average molecular weight is 456 g/mol. The van der Waals surface area contributed by atoms with E-state index in [1.807, 2.05) is 19.1 Å². The first-order valence-corrected chi connectivity index (χ1v) is 11.8. The van der Waals surface area contributed by atoms with Crippen LogP contribution >= 0.6 is 0 Å². The quantitative estimate of drug-likeness (QED) is 0.479. The van der Waals surface area contributed by atoms with E-state index < -0.39 is 11.7 Å². The van der Waals surface area contributed by atoms with Crippen molar-refractivity contribution in [2.75, 3.05) is 0 Å². The van der Waals surface area contributed by atoms with Crippen molar-refractivity contribution in [2.24, 2.45) is 29.6 Å². The molecule has 6 heteroatoms. The second-order valence-electron chi connectivity index (χ2n) is 9.76. The summed E-state index contributed by atoms with van der Waals surface area (Å²) in [4.78, 5) is 16.9. The molecule has 1 unspecified atom stereocenters. The van der Waals surface area contributed by atoms with Gasteiger partial charge in [-0.25, -0.2) is 0 Å². The summed E-state index contributed by atoms with van der Waals surface area (Å²) in [5.41, 5.74) is 1.23. The minimum Gasteiger partial charge on any atom is -0.462 e. The molecule has 0 N–H and O–H groups in total. The Morgan fingerprint density at radius 3 is 2.67 bits per heavy atom. The zero-order chi connectivity index (χ0) is 23.2. The minimum absolute atomic E-state index is 0.00903. The van der Waals surface area contributed by atoms with Crippen LogP contribution in [0.5, 0.6) is 0 Å². The number of fused-ring (bicyclic) bond motifs is 2. The molecule has 2 heterocycles. The summed E-state index contributed by atoms with van der Waals surface area (Å²) in [6.45, 7) is 2.01. The van der Waals surface area contributed by atoms with Gasteiger partial charge in [-0.3, -0.25) is 9.78 Å². The van der Waals surface area contributed by atoms with Crippen LogP contribution in [-0.4, -0.2) is 17.1 Å². The van der Waals surface area contributed by atoms with Gasteiger partial charge in [0, 0.05) is 17.7 Å². The van der Waals surface area contributed by atoms with Crippen molar-refractivity contribution in [3.63, 3.8) is 0 Å². The van der Waals surface area contributed by atoms with Gasteiger partial charge < -0.3 is 4.74 Å². The highest BCUT2D eigenvalue weighted by Crippen LogP contribution is 2.53. The molecule has 5 rings (SSSR count). The molecule has 3 nitrogen and oxygen atoms in total. The SMILES string of the molecule is C[C@H]1OC(=O)[C@@H]2C[C@@H]3CCCCC3[C@H](/C=C/c3ccc(-c4cccc(C(F)(F)F)c4)cn3)[C@H]12. The minimum atomic E-state index is -4.37. The highest BCUT2D eigenvalue weighted by atomic mass is 19.4. The molecule has 1 aliphatic heterocycles. The number of alkyl halides is 3. The van der Waals surface area contributed by atoms with Crippen LogP contribution in [0, 0.1) is 29.6 Å². The molecule has 0 amide bonds. The number of halogens is 3. The number of hydrogen-bond donors (Lipinski definition) is 0. The first-order valence-electron chi connectivity index (χ1n) is 11.8. The number of ether oxygens (including phenoxy) is 1. The normalized spacial score (nSPS) is 31.8. The van der Waals surface area contributed by atoms with Gasteiger partial charge in [0.1, 0.15) is 6.10 Å². The third-order valence-corrected chi connectivity index (χ3v) is 7.87. The van der Waals surface area contributed by atoms with Gasteiger partial charge >= 0.3 is 12.1 Å². The van der Waals surface area contributed by atoms with Crippen LogP contribution in [0.2, 0.25) is 0 Å². The molecule has 2 saturated carbocycles. The second kappa shape index (κ2) is 8.62. The van der Waals surface area contributed by atoms with Crippen molar-refractivity contribution in [3.8, 4) is 11.1 Å². The number of rotatable bonds is 3. The standard InChI is InChI=1S/C27H28F3NO2/c1-16-25-23(22-8-3-2-5-18(22)14-24(25)26(32)33-16)12-11-21-10-9-19(15-31-21)17-6-4-7-20(13-17)27(28,29)30/h4,6-7,9-13,15-16,18,22-25H,2-3,5,8,14H2,1H3/b12-11+/t16-,18+,22?,23+,24-,25+/m1/s1. The molecule has 33 heavy (non-hydrogen) atoms. The lowest BCUT2D eigenvalue weighted by Crippen LogP contribution is -2.42. The van der Waals surface area contributed by atoms with Gasteiger partial charge in [0.15, 0.2) is 0 Å². The van der Waals surface area contributed by atoms with Gasteiger partial charge in [-0.1, -0.05) is 43.5 Å². The molecule has 0 bridgehead atoms. The summed E-state index contributed by atoms with van der Waals surface area (Å²) < 4.78 is 44.7. The molecular weight excluding hydrogens is 427 g/mol. The molecule has 1 aromatic carbocycles. The Morgan fingerprint density at radius 1 is 1.09 bits per heavy atom. The third-order valence-electron chi connectivity index (χ3n) is 7.87. The Morgan fingerprint density at radius 2 is 1.91 bits per heavy atom. The number of carbonyl (C=O) groups excluding carboxylic acids is 1. The van der Waals surface area contributed by atoms with Crippen molar-refractivity contribution in [3.05, 3.63) is 59.9 Å². The third kappa shape index (κ3) is 4.32. The molecule has 3 aliphatic rings. The van der Waals surface area contributed by atoms with Crippen LogP contribution in [0.4, 0.5) is 13.2 Å². The van der Waals surface area contributed by atoms with Crippen molar-refractivity contribution in [1.29, 1.82) is 0 Å². The first-order chi connectivity index (χ1) is 15.8. The number of allylic oxidation sites excluding steroid dienone is 1. The van der Waals surface area contributed by atoms with E-state index in [2.05, 4.69) is 11.1 Å². The molecule has 0 radical (unpaired) electrons. The zero-order valence-electron chi connectivity index (χ0n) is 18.6. The number of pyridine rings is 1. The second-order valence-corrected chi connectivity index (χ2v) is 9.76. The first kappa shape index (κ1) is 22.2. The van der Waals surface area contributed by atoms with E-state index in [0.29, 0.717) is 23.0 Å². The summed E-state index contributed by atoms with van der Waals surface area (Å²) in [5, 5.41) is 0. The fraction of sp³-hybridized carbons (Fsp3) is 0.481. The van der Waals surface area contributed by atoms with Crippen molar-refractivity contribution in [1.82, 2.24) is 4.98 Å². The Labute approximate surface area is 192 Å². The summed E-state index contributed by atoms with van der Waals surface area (Å²) >= 11 is 0.